The van der Waals surface area contributed by atoms with Crippen LogP contribution in [-0.4, -0.2) is 61.6 Å². The minimum Gasteiger partial charge on any atom is -0.497 e. The highest BCUT2D eigenvalue weighted by atomic mass is 16.5. The molecule has 0 spiro atoms. The van der Waals surface area contributed by atoms with Crippen LogP contribution in [0, 0.1) is 0 Å². The topological polar surface area (TPSA) is 42.0 Å². The summed E-state index contributed by atoms with van der Waals surface area (Å²) in [7, 11) is 3.83. The average molecular weight is 332 g/mol. The van der Waals surface area contributed by atoms with Gasteiger partial charge in [0, 0.05) is 18.6 Å². The number of hydrogen-bond donors (Lipinski definition) is 0. The van der Waals surface area contributed by atoms with Gasteiger partial charge in [0.2, 0.25) is 5.91 Å². The Morgan fingerprint density at radius 3 is 2.75 bits per heavy atom. The van der Waals surface area contributed by atoms with Gasteiger partial charge < -0.3 is 19.3 Å². The van der Waals surface area contributed by atoms with Crippen LogP contribution in [0.15, 0.2) is 24.3 Å². The van der Waals surface area contributed by atoms with Gasteiger partial charge in [0.1, 0.15) is 12.4 Å². The second kappa shape index (κ2) is 7.99. The van der Waals surface area contributed by atoms with Crippen molar-refractivity contribution < 1.29 is 14.3 Å². The van der Waals surface area contributed by atoms with E-state index in [0.29, 0.717) is 18.7 Å². The summed E-state index contributed by atoms with van der Waals surface area (Å²) in [6, 6.07) is 8.66. The molecule has 2 heterocycles. The SMILES string of the molecule is COc1cccc(COCC(=O)N2CCC[C@H]2[C@@H]2CCCN2C)c1. The van der Waals surface area contributed by atoms with Crippen LogP contribution >= 0.6 is 0 Å². The molecule has 3 rings (SSSR count). The van der Waals surface area contributed by atoms with Crippen molar-refractivity contribution in [2.75, 3.05) is 33.9 Å². The van der Waals surface area contributed by atoms with E-state index in [9.17, 15) is 4.79 Å². The fourth-order valence-corrected chi connectivity index (χ4v) is 4.03. The Hall–Kier alpha value is -1.59. The van der Waals surface area contributed by atoms with Crippen molar-refractivity contribution in [1.29, 1.82) is 0 Å². The van der Waals surface area contributed by atoms with Crippen LogP contribution in [0.25, 0.3) is 0 Å². The van der Waals surface area contributed by atoms with Gasteiger partial charge in [-0.25, -0.2) is 0 Å². The van der Waals surface area contributed by atoms with Gasteiger partial charge in [0.15, 0.2) is 0 Å². The summed E-state index contributed by atoms with van der Waals surface area (Å²) < 4.78 is 10.9. The molecule has 0 bridgehead atoms. The minimum atomic E-state index is 0.126. The molecule has 1 amide bonds. The predicted molar refractivity (Wildman–Crippen MR) is 93.0 cm³/mol. The Balaban J connectivity index is 1.50. The quantitative estimate of drug-likeness (QED) is 0.802. The second-order valence-electron chi connectivity index (χ2n) is 6.83. The first-order valence-electron chi connectivity index (χ1n) is 8.89. The summed E-state index contributed by atoms with van der Waals surface area (Å²) in [5, 5.41) is 0. The van der Waals surface area contributed by atoms with Crippen LogP contribution in [0.2, 0.25) is 0 Å². The van der Waals surface area contributed by atoms with E-state index >= 15 is 0 Å². The molecule has 0 unspecified atom stereocenters. The molecule has 2 aliphatic heterocycles. The second-order valence-corrected chi connectivity index (χ2v) is 6.83. The lowest BCUT2D eigenvalue weighted by Crippen LogP contribution is -2.48. The number of benzene rings is 1. The molecule has 2 saturated heterocycles. The average Bonchev–Trinajstić information content (AvgIpc) is 3.23. The number of likely N-dealkylation sites (N-methyl/N-ethyl adjacent to an activating group) is 1. The van der Waals surface area contributed by atoms with Gasteiger partial charge in [-0.1, -0.05) is 12.1 Å². The smallest absolute Gasteiger partial charge is 0.248 e. The van der Waals surface area contributed by atoms with Crippen molar-refractivity contribution in [2.24, 2.45) is 0 Å². The number of hydrogen-bond acceptors (Lipinski definition) is 4. The number of likely N-dealkylation sites (tertiary alicyclic amines) is 2. The maximum atomic E-state index is 12.6. The zero-order valence-corrected chi connectivity index (χ0v) is 14.7. The van der Waals surface area contributed by atoms with Crippen molar-refractivity contribution in [3.8, 4) is 5.75 Å². The highest BCUT2D eigenvalue weighted by Crippen LogP contribution is 2.29. The Kier molecular flexibility index (Phi) is 5.74. The van der Waals surface area contributed by atoms with E-state index in [1.807, 2.05) is 24.3 Å². The number of nitrogens with zero attached hydrogens (tertiary/aromatic N) is 2. The Morgan fingerprint density at radius 2 is 2.00 bits per heavy atom. The molecule has 5 heteroatoms. The van der Waals surface area contributed by atoms with E-state index in [1.165, 1.54) is 12.8 Å². The third-order valence-corrected chi connectivity index (χ3v) is 5.27. The third-order valence-electron chi connectivity index (χ3n) is 5.27. The maximum absolute atomic E-state index is 12.6. The lowest BCUT2D eigenvalue weighted by atomic mass is 10.0. The van der Waals surface area contributed by atoms with Crippen molar-refractivity contribution >= 4 is 5.91 Å². The molecule has 2 atom stereocenters. The van der Waals surface area contributed by atoms with Crippen molar-refractivity contribution in [1.82, 2.24) is 9.80 Å². The molecule has 24 heavy (non-hydrogen) atoms. The van der Waals surface area contributed by atoms with Gasteiger partial charge >= 0.3 is 0 Å². The summed E-state index contributed by atoms with van der Waals surface area (Å²) >= 11 is 0. The molecule has 0 radical (unpaired) electrons. The molecule has 2 aliphatic rings. The predicted octanol–water partition coefficient (Wildman–Crippen LogP) is 2.30. The van der Waals surface area contributed by atoms with E-state index < -0.39 is 0 Å². The van der Waals surface area contributed by atoms with E-state index in [4.69, 9.17) is 9.47 Å². The molecule has 5 nitrogen and oxygen atoms in total. The molecule has 0 aliphatic carbocycles. The Morgan fingerprint density at radius 1 is 1.21 bits per heavy atom. The van der Waals surface area contributed by atoms with Crippen LogP contribution in [0.5, 0.6) is 5.75 Å². The van der Waals surface area contributed by atoms with Crippen molar-refractivity contribution in [3.63, 3.8) is 0 Å². The largest absolute Gasteiger partial charge is 0.497 e. The van der Waals surface area contributed by atoms with Gasteiger partial charge in [0.05, 0.1) is 13.7 Å². The molecule has 1 aromatic carbocycles. The monoisotopic (exact) mass is 332 g/mol. The van der Waals surface area contributed by atoms with Crippen LogP contribution in [0.1, 0.15) is 31.2 Å². The molecular weight excluding hydrogens is 304 g/mol. The summed E-state index contributed by atoms with van der Waals surface area (Å²) in [4.78, 5) is 17.1. The first kappa shape index (κ1) is 17.2. The highest BCUT2D eigenvalue weighted by molar-refractivity contribution is 5.78. The molecular formula is C19H28N2O3. The normalized spacial score (nSPS) is 24.5. The maximum Gasteiger partial charge on any atom is 0.248 e. The number of ether oxygens (including phenoxy) is 2. The third kappa shape index (κ3) is 3.90. The summed E-state index contributed by atoms with van der Waals surface area (Å²) in [5.41, 5.74) is 1.02. The van der Waals surface area contributed by atoms with E-state index in [-0.39, 0.29) is 12.5 Å². The van der Waals surface area contributed by atoms with Crippen molar-refractivity contribution in [3.05, 3.63) is 29.8 Å². The lowest BCUT2D eigenvalue weighted by Gasteiger charge is -2.33. The van der Waals surface area contributed by atoms with E-state index in [2.05, 4.69) is 16.8 Å². The number of methoxy groups -OCH3 is 1. The highest BCUT2D eigenvalue weighted by Gasteiger charge is 2.38. The Bertz CT molecular complexity index is 563. The van der Waals surface area contributed by atoms with Crippen LogP contribution in [-0.2, 0) is 16.1 Å². The summed E-state index contributed by atoms with van der Waals surface area (Å²) in [5.74, 6) is 0.937. The van der Waals surface area contributed by atoms with Crippen molar-refractivity contribution in [2.45, 2.75) is 44.4 Å². The first-order chi connectivity index (χ1) is 11.7. The van der Waals surface area contributed by atoms with Gasteiger partial charge in [-0.2, -0.15) is 0 Å². The van der Waals surface area contributed by atoms with Gasteiger partial charge in [-0.3, -0.25) is 4.79 Å². The lowest BCUT2D eigenvalue weighted by molar-refractivity contribution is -0.138. The zero-order chi connectivity index (χ0) is 16.9. The summed E-state index contributed by atoms with van der Waals surface area (Å²) in [6.45, 7) is 2.61. The number of rotatable bonds is 6. The number of carbonyl (C=O) groups is 1. The van der Waals surface area contributed by atoms with Gasteiger partial charge in [0.25, 0.3) is 0 Å². The minimum absolute atomic E-state index is 0.126. The van der Waals surface area contributed by atoms with Crippen LogP contribution in [0.3, 0.4) is 0 Å². The summed E-state index contributed by atoms with van der Waals surface area (Å²) in [6.07, 6.45) is 4.68. The van der Waals surface area contributed by atoms with Crippen LogP contribution in [0.4, 0.5) is 0 Å². The fraction of sp³-hybridized carbons (Fsp3) is 0.632. The van der Waals surface area contributed by atoms with Crippen LogP contribution < -0.4 is 4.74 Å². The molecule has 0 aromatic heterocycles. The Labute approximate surface area is 144 Å². The molecule has 132 valence electrons. The molecule has 0 saturated carbocycles. The zero-order valence-electron chi connectivity index (χ0n) is 14.7. The van der Waals surface area contributed by atoms with Gasteiger partial charge in [-0.05, 0) is 57.0 Å². The fourth-order valence-electron chi connectivity index (χ4n) is 4.03. The van der Waals surface area contributed by atoms with Gasteiger partial charge in [-0.15, -0.1) is 0 Å². The van der Waals surface area contributed by atoms with E-state index in [1.54, 1.807) is 7.11 Å². The number of carbonyl (C=O) groups excluding carboxylic acids is 1. The first-order valence-corrected chi connectivity index (χ1v) is 8.89. The molecule has 1 aromatic rings. The number of amides is 1. The molecule has 0 N–H and O–H groups in total. The van der Waals surface area contributed by atoms with E-state index in [0.717, 1.165) is 37.2 Å². The standard InChI is InChI=1S/C19H28N2O3/c1-20-10-4-8-17(20)18-9-5-11-21(18)19(22)14-24-13-15-6-3-7-16(12-15)23-2/h3,6-7,12,17-18H,4-5,8-11,13-14H2,1-2H3/t17-,18-/m0/s1. The molecule has 2 fully saturated rings.